The summed E-state index contributed by atoms with van der Waals surface area (Å²) in [7, 11) is 0. The van der Waals surface area contributed by atoms with Gasteiger partial charge in [-0.1, -0.05) is 63.8 Å². The maximum absolute atomic E-state index is 10.1. The summed E-state index contributed by atoms with van der Waals surface area (Å²) in [4.78, 5) is 9.77. The Kier molecular flexibility index (Phi) is 8.69. The zero-order chi connectivity index (χ0) is 28.4. The van der Waals surface area contributed by atoms with Gasteiger partial charge in [-0.05, 0) is 86.7 Å². The van der Waals surface area contributed by atoms with E-state index in [1.165, 1.54) is 55.2 Å². The van der Waals surface area contributed by atoms with Gasteiger partial charge < -0.3 is 20.3 Å². The van der Waals surface area contributed by atoms with Gasteiger partial charge in [0.25, 0.3) is 0 Å². The summed E-state index contributed by atoms with van der Waals surface area (Å²) in [5.74, 6) is 2.63. The lowest BCUT2D eigenvalue weighted by atomic mass is 9.61. The first-order valence-electron chi connectivity index (χ1n) is 16.5. The highest BCUT2D eigenvalue weighted by Gasteiger charge is 2.38. The normalized spacial score (nSPS) is 29.0. The summed E-state index contributed by atoms with van der Waals surface area (Å²) in [6.45, 7) is 8.96. The maximum Gasteiger partial charge on any atom is 0.224 e. The Morgan fingerprint density at radius 2 is 1.78 bits per heavy atom. The standard InChI is InChI=1S/C35H51N5O/c1-4-6-24(2)38-34-37-21-31-32(22-40(33(31)39-34)29-13-15-30(41)16-14-29)28-11-9-25(10-12-28)20-36-23-35(3)18-26-7-5-8-27(17-26)19-35/h9-12,21-22,24,26-27,29-30,36,41H,4-8,13-20,23H2,1-3H3,(H,37,38,39)/t24?,26?,27?,29-,30-,35?. The van der Waals surface area contributed by atoms with E-state index in [0.717, 1.165) is 74.5 Å². The van der Waals surface area contributed by atoms with Gasteiger partial charge in [0.1, 0.15) is 5.65 Å². The number of aliphatic hydroxyl groups is 1. The fourth-order valence-electron chi connectivity index (χ4n) is 8.37. The van der Waals surface area contributed by atoms with Crippen molar-refractivity contribution in [1.82, 2.24) is 19.9 Å². The minimum atomic E-state index is -0.171. The molecule has 0 saturated heterocycles. The molecule has 0 spiro atoms. The van der Waals surface area contributed by atoms with E-state index in [2.05, 4.69) is 66.4 Å². The van der Waals surface area contributed by atoms with Crippen LogP contribution < -0.4 is 10.6 Å². The summed E-state index contributed by atoms with van der Waals surface area (Å²) in [6, 6.07) is 9.79. The molecule has 6 nitrogen and oxygen atoms in total. The van der Waals surface area contributed by atoms with Crippen LogP contribution in [-0.2, 0) is 6.54 Å². The Morgan fingerprint density at radius 3 is 2.49 bits per heavy atom. The molecule has 3 N–H and O–H groups in total. The first kappa shape index (κ1) is 28.7. The Hall–Kier alpha value is -2.44. The number of rotatable bonds is 10. The zero-order valence-corrected chi connectivity index (χ0v) is 25.5. The predicted molar refractivity (Wildman–Crippen MR) is 169 cm³/mol. The second-order valence-electron chi connectivity index (χ2n) is 14.1. The third kappa shape index (κ3) is 6.64. The molecule has 3 aromatic rings. The summed E-state index contributed by atoms with van der Waals surface area (Å²) >= 11 is 0. The molecule has 41 heavy (non-hydrogen) atoms. The van der Waals surface area contributed by atoms with Crippen LogP contribution in [0.2, 0.25) is 0 Å². The average Bonchev–Trinajstić information content (AvgIpc) is 3.32. The van der Waals surface area contributed by atoms with Gasteiger partial charge in [-0.15, -0.1) is 0 Å². The van der Waals surface area contributed by atoms with Gasteiger partial charge >= 0.3 is 0 Å². The third-order valence-corrected chi connectivity index (χ3v) is 10.3. The third-order valence-electron chi connectivity index (χ3n) is 10.3. The van der Waals surface area contributed by atoms with Gasteiger partial charge in [-0.25, -0.2) is 4.98 Å². The molecule has 0 amide bonds. The molecule has 3 saturated carbocycles. The summed E-state index contributed by atoms with van der Waals surface area (Å²) < 4.78 is 2.36. The van der Waals surface area contributed by atoms with E-state index in [1.807, 2.05) is 6.20 Å². The Morgan fingerprint density at radius 1 is 1.05 bits per heavy atom. The van der Waals surface area contributed by atoms with Gasteiger partial charge in [-0.2, -0.15) is 4.98 Å². The van der Waals surface area contributed by atoms with Crippen molar-refractivity contribution in [1.29, 1.82) is 0 Å². The van der Waals surface area contributed by atoms with Crippen LogP contribution in [0.1, 0.15) is 109 Å². The van der Waals surface area contributed by atoms with Crippen molar-refractivity contribution >= 4 is 17.0 Å². The molecular weight excluding hydrogens is 506 g/mol. The van der Waals surface area contributed by atoms with Crippen molar-refractivity contribution in [2.24, 2.45) is 17.3 Å². The molecule has 6 heteroatoms. The van der Waals surface area contributed by atoms with E-state index in [1.54, 1.807) is 0 Å². The van der Waals surface area contributed by atoms with Gasteiger partial charge in [0, 0.05) is 48.5 Å². The molecule has 2 bridgehead atoms. The lowest BCUT2D eigenvalue weighted by molar-refractivity contribution is 0.0681. The molecule has 3 aliphatic carbocycles. The van der Waals surface area contributed by atoms with E-state index >= 15 is 0 Å². The van der Waals surface area contributed by atoms with Crippen LogP contribution >= 0.6 is 0 Å². The van der Waals surface area contributed by atoms with Crippen molar-refractivity contribution in [3.8, 4) is 11.1 Å². The number of aromatic nitrogens is 3. The molecule has 1 aromatic carbocycles. The highest BCUT2D eigenvalue weighted by atomic mass is 16.3. The first-order valence-corrected chi connectivity index (χ1v) is 16.5. The van der Waals surface area contributed by atoms with Gasteiger partial charge in [0.2, 0.25) is 5.95 Å². The van der Waals surface area contributed by atoms with Crippen LogP contribution in [0.5, 0.6) is 0 Å². The lowest BCUT2D eigenvalue weighted by Crippen LogP contribution is -2.40. The van der Waals surface area contributed by atoms with Crippen LogP contribution in [0.3, 0.4) is 0 Å². The quantitative estimate of drug-likeness (QED) is 0.236. The lowest BCUT2D eigenvalue weighted by Gasteiger charge is -2.45. The number of anilines is 1. The van der Waals surface area contributed by atoms with Crippen LogP contribution in [0.15, 0.2) is 36.7 Å². The minimum Gasteiger partial charge on any atom is -0.393 e. The molecule has 3 unspecified atom stereocenters. The topological polar surface area (TPSA) is 75.0 Å². The number of nitrogens with one attached hydrogen (secondary N) is 2. The summed E-state index contributed by atoms with van der Waals surface area (Å²) in [5, 5.41) is 18.6. The molecule has 3 aliphatic rings. The first-order chi connectivity index (χ1) is 19.9. The van der Waals surface area contributed by atoms with Crippen molar-refractivity contribution in [3.63, 3.8) is 0 Å². The number of hydrogen-bond acceptors (Lipinski definition) is 5. The van der Waals surface area contributed by atoms with Crippen LogP contribution in [-0.4, -0.2) is 38.3 Å². The minimum absolute atomic E-state index is 0.171. The monoisotopic (exact) mass is 557 g/mol. The van der Waals surface area contributed by atoms with Gasteiger partial charge in [0.05, 0.1) is 6.10 Å². The number of hydrogen-bond donors (Lipinski definition) is 3. The second kappa shape index (κ2) is 12.4. The molecule has 3 atom stereocenters. The molecular formula is C35H51N5O. The average molecular weight is 558 g/mol. The SMILES string of the molecule is CCCC(C)Nc1ncc2c(-c3ccc(CNCC4(C)CC5CCCC(C5)C4)cc3)cn([C@H]3CC[C@H](O)CC3)c2n1. The molecule has 6 rings (SSSR count). The van der Waals surface area contributed by atoms with Gasteiger partial charge in [0.15, 0.2) is 0 Å². The second-order valence-corrected chi connectivity index (χ2v) is 14.1. The van der Waals surface area contributed by atoms with Gasteiger partial charge in [-0.3, -0.25) is 0 Å². The fraction of sp³-hybridized carbons (Fsp3) is 0.657. The largest absolute Gasteiger partial charge is 0.393 e. The molecule has 2 aromatic heterocycles. The summed E-state index contributed by atoms with van der Waals surface area (Å²) in [6.07, 6.45) is 18.6. The van der Waals surface area contributed by atoms with E-state index < -0.39 is 0 Å². The number of fused-ring (bicyclic) bond motifs is 3. The highest BCUT2D eigenvalue weighted by molar-refractivity contribution is 5.94. The number of nitrogens with zero attached hydrogens (tertiary/aromatic N) is 3. The number of aliphatic hydroxyl groups excluding tert-OH is 1. The molecule has 0 radical (unpaired) electrons. The molecule has 222 valence electrons. The Bertz CT molecular complexity index is 1280. The molecule has 3 fully saturated rings. The van der Waals surface area contributed by atoms with Crippen LogP contribution in [0.4, 0.5) is 5.95 Å². The zero-order valence-electron chi connectivity index (χ0n) is 25.5. The van der Waals surface area contributed by atoms with E-state index in [-0.39, 0.29) is 6.10 Å². The highest BCUT2D eigenvalue weighted by Crippen LogP contribution is 2.48. The van der Waals surface area contributed by atoms with Crippen molar-refractivity contribution in [2.75, 3.05) is 11.9 Å². The molecule has 2 heterocycles. The smallest absolute Gasteiger partial charge is 0.224 e. The van der Waals surface area contributed by atoms with Crippen molar-refractivity contribution < 1.29 is 5.11 Å². The Balaban J connectivity index is 1.18. The number of benzene rings is 1. The van der Waals surface area contributed by atoms with Crippen LogP contribution in [0, 0.1) is 17.3 Å². The van der Waals surface area contributed by atoms with Crippen molar-refractivity contribution in [3.05, 3.63) is 42.2 Å². The van der Waals surface area contributed by atoms with Crippen LogP contribution in [0.25, 0.3) is 22.2 Å². The van der Waals surface area contributed by atoms with Crippen molar-refractivity contribution in [2.45, 2.75) is 123 Å². The van der Waals surface area contributed by atoms with E-state index in [9.17, 15) is 5.11 Å². The maximum atomic E-state index is 10.1. The predicted octanol–water partition coefficient (Wildman–Crippen LogP) is 7.87. The fourth-order valence-corrected chi connectivity index (χ4v) is 8.37. The summed E-state index contributed by atoms with van der Waals surface area (Å²) in [5.41, 5.74) is 5.20. The Labute approximate surface area is 246 Å². The molecule has 0 aliphatic heterocycles. The van der Waals surface area contributed by atoms with E-state index in [4.69, 9.17) is 9.97 Å². The van der Waals surface area contributed by atoms with E-state index in [0.29, 0.717) is 23.4 Å².